The zero-order valence-electron chi connectivity index (χ0n) is 8.62. The Morgan fingerprint density at radius 2 is 2.24 bits per heavy atom. The molecular formula is C9H11FN2O4S. The lowest BCUT2D eigenvalue weighted by Gasteiger charge is -2.15. The van der Waals surface area contributed by atoms with Crippen molar-refractivity contribution in [3.8, 4) is 0 Å². The second kappa shape index (κ2) is 4.63. The van der Waals surface area contributed by atoms with Crippen LogP contribution in [0.5, 0.6) is 0 Å². The van der Waals surface area contributed by atoms with E-state index in [4.69, 9.17) is 5.11 Å². The predicted octanol–water partition coefficient (Wildman–Crippen LogP) is -1.16. The van der Waals surface area contributed by atoms with E-state index in [-0.39, 0.29) is 6.61 Å². The quantitative estimate of drug-likeness (QED) is 0.625. The van der Waals surface area contributed by atoms with Gasteiger partial charge in [0.25, 0.3) is 5.56 Å². The number of hydrogen-bond donors (Lipinski definition) is 3. The number of thioether (sulfide) groups is 1. The van der Waals surface area contributed by atoms with Gasteiger partial charge in [0.05, 0.1) is 11.9 Å². The fourth-order valence-electron chi connectivity index (χ4n) is 1.71. The van der Waals surface area contributed by atoms with Gasteiger partial charge in [-0.15, -0.1) is 11.8 Å². The highest BCUT2D eigenvalue weighted by atomic mass is 32.2. The zero-order valence-corrected chi connectivity index (χ0v) is 9.43. The Balaban J connectivity index is 2.35. The first-order valence-corrected chi connectivity index (χ1v) is 5.89. The lowest BCUT2D eigenvalue weighted by molar-refractivity contribution is 0.0631. The number of aliphatic hydroxyl groups is 2. The molecule has 4 atom stereocenters. The molecule has 1 aliphatic rings. The van der Waals surface area contributed by atoms with Crippen molar-refractivity contribution in [1.29, 1.82) is 0 Å². The topological polar surface area (TPSA) is 95.3 Å². The molecule has 8 heteroatoms. The largest absolute Gasteiger partial charge is 0.395 e. The summed E-state index contributed by atoms with van der Waals surface area (Å²) in [5.41, 5.74) is -1.30. The van der Waals surface area contributed by atoms with Crippen LogP contribution in [0.3, 0.4) is 0 Å². The third-order valence-electron chi connectivity index (χ3n) is 2.60. The maximum atomic E-state index is 13.8. The molecule has 1 aliphatic heterocycles. The van der Waals surface area contributed by atoms with Gasteiger partial charge in [-0.2, -0.15) is 0 Å². The molecule has 6 nitrogen and oxygen atoms in total. The Labute approximate surface area is 99.1 Å². The van der Waals surface area contributed by atoms with Gasteiger partial charge in [0.1, 0.15) is 11.5 Å². The van der Waals surface area contributed by atoms with E-state index in [0.29, 0.717) is 0 Å². The molecule has 0 aromatic carbocycles. The summed E-state index contributed by atoms with van der Waals surface area (Å²) in [4.78, 5) is 24.3. The maximum Gasteiger partial charge on any atom is 0.329 e. The molecular weight excluding hydrogens is 251 g/mol. The molecule has 0 radical (unpaired) electrons. The van der Waals surface area contributed by atoms with Crippen LogP contribution < -0.4 is 11.2 Å². The molecule has 0 spiro atoms. The molecule has 0 unspecified atom stereocenters. The molecule has 1 aromatic rings. The third-order valence-corrected chi connectivity index (χ3v) is 4.14. The first kappa shape index (κ1) is 12.3. The van der Waals surface area contributed by atoms with Crippen LogP contribution in [-0.2, 0) is 0 Å². The molecule has 0 aliphatic carbocycles. The van der Waals surface area contributed by atoms with Crippen molar-refractivity contribution >= 4 is 11.8 Å². The van der Waals surface area contributed by atoms with Crippen LogP contribution in [0.2, 0.25) is 0 Å². The summed E-state index contributed by atoms with van der Waals surface area (Å²) in [7, 11) is 0. The average molecular weight is 262 g/mol. The number of H-pyrrole nitrogens is 1. The molecule has 1 aromatic heterocycles. The average Bonchev–Trinajstić information content (AvgIpc) is 2.57. The van der Waals surface area contributed by atoms with E-state index in [2.05, 4.69) is 0 Å². The smallest absolute Gasteiger partial charge is 0.329 e. The molecule has 0 saturated carbocycles. The highest BCUT2D eigenvalue weighted by Gasteiger charge is 2.44. The summed E-state index contributed by atoms with van der Waals surface area (Å²) < 4.78 is 14.8. The van der Waals surface area contributed by atoms with E-state index in [1.54, 1.807) is 0 Å². The molecule has 0 bridgehead atoms. The second-order valence-corrected chi connectivity index (χ2v) is 5.06. The van der Waals surface area contributed by atoms with Crippen molar-refractivity contribution in [2.24, 2.45) is 0 Å². The van der Waals surface area contributed by atoms with Crippen LogP contribution in [0.1, 0.15) is 5.37 Å². The third kappa shape index (κ3) is 2.15. The van der Waals surface area contributed by atoms with E-state index in [9.17, 15) is 19.1 Å². The summed E-state index contributed by atoms with van der Waals surface area (Å²) in [5, 5.41) is 16.8. The van der Waals surface area contributed by atoms with Crippen molar-refractivity contribution in [2.75, 3.05) is 6.61 Å². The van der Waals surface area contributed by atoms with Crippen molar-refractivity contribution < 1.29 is 14.6 Å². The Morgan fingerprint density at radius 3 is 2.76 bits per heavy atom. The molecule has 2 rings (SSSR count). The van der Waals surface area contributed by atoms with Crippen LogP contribution in [0, 0.1) is 0 Å². The van der Waals surface area contributed by atoms with Gasteiger partial charge in [0, 0.05) is 12.3 Å². The van der Waals surface area contributed by atoms with E-state index in [1.165, 1.54) is 6.20 Å². The SMILES string of the molecule is O=c1ccn([C@@H]2S[C@H](CO)[C@@H](O)[C@@H]2F)c(=O)[nH]1. The van der Waals surface area contributed by atoms with Crippen molar-refractivity contribution in [3.63, 3.8) is 0 Å². The fraction of sp³-hybridized carbons (Fsp3) is 0.556. The molecule has 17 heavy (non-hydrogen) atoms. The number of nitrogens with zero attached hydrogens (tertiary/aromatic N) is 1. The van der Waals surface area contributed by atoms with Gasteiger partial charge in [0.2, 0.25) is 0 Å². The van der Waals surface area contributed by atoms with Crippen LogP contribution in [0.4, 0.5) is 4.39 Å². The highest BCUT2D eigenvalue weighted by molar-refractivity contribution is 8.00. The van der Waals surface area contributed by atoms with Gasteiger partial charge >= 0.3 is 5.69 Å². The number of halogens is 1. The number of nitrogens with one attached hydrogen (secondary N) is 1. The predicted molar refractivity (Wildman–Crippen MR) is 59.7 cm³/mol. The zero-order chi connectivity index (χ0) is 12.6. The lowest BCUT2D eigenvalue weighted by atomic mass is 10.1. The van der Waals surface area contributed by atoms with E-state index in [0.717, 1.165) is 22.4 Å². The number of hydrogen-bond acceptors (Lipinski definition) is 5. The Kier molecular flexibility index (Phi) is 3.36. The Bertz CT molecular complexity index is 516. The summed E-state index contributed by atoms with van der Waals surface area (Å²) in [6.45, 7) is -0.374. The Hall–Kier alpha value is -1.12. The number of aromatic nitrogens is 2. The Morgan fingerprint density at radius 1 is 1.53 bits per heavy atom. The standard InChI is InChI=1S/C9H11FN2O4S/c10-6-7(15)4(3-13)17-8(6)12-2-1-5(14)11-9(12)16/h1-2,4,6-8,13,15H,3H2,(H,11,14,16)/t4-,6+,7-,8-/m1/s1. The van der Waals surface area contributed by atoms with Crippen LogP contribution in [-0.4, -0.2) is 43.9 Å². The van der Waals surface area contributed by atoms with E-state index in [1.807, 2.05) is 4.98 Å². The summed E-state index contributed by atoms with van der Waals surface area (Å²) in [5.74, 6) is 0. The normalized spacial score (nSPS) is 32.9. The van der Waals surface area contributed by atoms with Crippen molar-refractivity contribution in [1.82, 2.24) is 9.55 Å². The summed E-state index contributed by atoms with van der Waals surface area (Å²) in [6, 6.07) is 1.10. The van der Waals surface area contributed by atoms with E-state index >= 15 is 0 Å². The minimum Gasteiger partial charge on any atom is -0.395 e. The lowest BCUT2D eigenvalue weighted by Crippen LogP contribution is -2.35. The van der Waals surface area contributed by atoms with Crippen LogP contribution in [0.15, 0.2) is 21.9 Å². The van der Waals surface area contributed by atoms with Gasteiger partial charge in [-0.1, -0.05) is 0 Å². The number of aliphatic hydroxyl groups excluding tert-OH is 2. The number of rotatable bonds is 2. The van der Waals surface area contributed by atoms with Gasteiger partial charge in [-0.3, -0.25) is 14.3 Å². The first-order chi connectivity index (χ1) is 8.04. The molecule has 3 N–H and O–H groups in total. The number of alkyl halides is 1. The van der Waals surface area contributed by atoms with Gasteiger partial charge in [-0.25, -0.2) is 9.18 Å². The number of aromatic amines is 1. The fourth-order valence-corrected chi connectivity index (χ4v) is 3.07. The van der Waals surface area contributed by atoms with E-state index < -0.39 is 34.1 Å². The monoisotopic (exact) mass is 262 g/mol. The summed E-state index contributed by atoms with van der Waals surface area (Å²) >= 11 is 0.966. The minimum atomic E-state index is -1.67. The summed E-state index contributed by atoms with van der Waals surface area (Å²) in [6.07, 6.45) is -1.81. The maximum absolute atomic E-state index is 13.8. The minimum absolute atomic E-state index is 0.374. The van der Waals surface area contributed by atoms with Gasteiger partial charge < -0.3 is 10.2 Å². The van der Waals surface area contributed by atoms with Crippen molar-refractivity contribution in [3.05, 3.63) is 33.1 Å². The van der Waals surface area contributed by atoms with Gasteiger partial charge in [0.15, 0.2) is 6.17 Å². The molecule has 2 heterocycles. The first-order valence-electron chi connectivity index (χ1n) is 4.94. The van der Waals surface area contributed by atoms with Gasteiger partial charge in [-0.05, 0) is 0 Å². The van der Waals surface area contributed by atoms with Crippen LogP contribution in [0.25, 0.3) is 0 Å². The molecule has 0 amide bonds. The second-order valence-electron chi connectivity index (χ2n) is 3.70. The highest BCUT2D eigenvalue weighted by Crippen LogP contribution is 2.42. The molecule has 1 saturated heterocycles. The molecule has 1 fully saturated rings. The van der Waals surface area contributed by atoms with Crippen molar-refractivity contribution in [2.45, 2.75) is 22.9 Å². The van der Waals surface area contributed by atoms with Crippen LogP contribution >= 0.6 is 11.8 Å². The molecule has 94 valence electrons.